The van der Waals surface area contributed by atoms with Crippen LogP contribution in [0.25, 0.3) is 11.0 Å². The average Bonchev–Trinajstić information content (AvgIpc) is 3.23. The van der Waals surface area contributed by atoms with Gasteiger partial charge in [-0.3, -0.25) is 4.79 Å². The minimum atomic E-state index is 0.154. The van der Waals surface area contributed by atoms with Crippen molar-refractivity contribution in [3.63, 3.8) is 0 Å². The van der Waals surface area contributed by atoms with E-state index in [1.807, 2.05) is 44.6 Å². The van der Waals surface area contributed by atoms with Crippen molar-refractivity contribution in [3.8, 4) is 0 Å². The summed E-state index contributed by atoms with van der Waals surface area (Å²) < 4.78 is 4.27. The number of nitrogens with one attached hydrogen (secondary N) is 1. The minimum Gasteiger partial charge on any atom is -0.335 e. The Bertz CT molecular complexity index is 949. The molecule has 3 aromatic rings. The summed E-state index contributed by atoms with van der Waals surface area (Å²) in [7, 11) is 2.05. The van der Waals surface area contributed by atoms with E-state index in [0.29, 0.717) is 0 Å². The first-order valence-electron chi connectivity index (χ1n) is 9.86. The molecular formula is C21H27N5O. The molecule has 2 heterocycles. The molecule has 142 valence electrons. The summed E-state index contributed by atoms with van der Waals surface area (Å²) in [6, 6.07) is 6.02. The van der Waals surface area contributed by atoms with Crippen LogP contribution < -0.4 is 5.32 Å². The van der Waals surface area contributed by atoms with Crippen molar-refractivity contribution in [2.75, 3.05) is 5.32 Å². The molecule has 1 fully saturated rings. The SMILES string of the molecule is Cc1nccn1CCc1nc2cc(NC(=O)C3CCCCC3)ccc2n1C. The summed E-state index contributed by atoms with van der Waals surface area (Å²) in [5, 5.41) is 3.09. The molecule has 1 saturated carbocycles. The van der Waals surface area contributed by atoms with Crippen molar-refractivity contribution < 1.29 is 4.79 Å². The van der Waals surface area contributed by atoms with E-state index < -0.39 is 0 Å². The van der Waals surface area contributed by atoms with E-state index >= 15 is 0 Å². The third kappa shape index (κ3) is 3.75. The molecule has 1 N–H and O–H groups in total. The molecule has 0 saturated heterocycles. The van der Waals surface area contributed by atoms with E-state index in [0.717, 1.165) is 67.0 Å². The Morgan fingerprint density at radius 3 is 2.81 bits per heavy atom. The number of rotatable bonds is 5. The molecule has 6 heteroatoms. The number of hydrogen-bond donors (Lipinski definition) is 1. The number of carbonyl (C=O) groups excluding carboxylic acids is 1. The van der Waals surface area contributed by atoms with Crippen LogP contribution in [0, 0.1) is 12.8 Å². The number of carbonyl (C=O) groups is 1. The van der Waals surface area contributed by atoms with Gasteiger partial charge in [0.2, 0.25) is 5.91 Å². The molecular weight excluding hydrogens is 338 g/mol. The van der Waals surface area contributed by atoms with Gasteiger partial charge in [0.1, 0.15) is 11.6 Å². The molecule has 0 unspecified atom stereocenters. The predicted molar refractivity (Wildman–Crippen MR) is 107 cm³/mol. The highest BCUT2D eigenvalue weighted by Gasteiger charge is 2.21. The molecule has 0 radical (unpaired) electrons. The number of nitrogens with zero attached hydrogens (tertiary/aromatic N) is 4. The van der Waals surface area contributed by atoms with Crippen LogP contribution in [0.2, 0.25) is 0 Å². The smallest absolute Gasteiger partial charge is 0.227 e. The van der Waals surface area contributed by atoms with Crippen molar-refractivity contribution in [3.05, 3.63) is 42.2 Å². The number of aromatic nitrogens is 4. The van der Waals surface area contributed by atoms with Crippen LogP contribution in [-0.2, 0) is 24.8 Å². The van der Waals surface area contributed by atoms with Gasteiger partial charge in [-0.25, -0.2) is 9.97 Å². The van der Waals surface area contributed by atoms with E-state index in [9.17, 15) is 4.79 Å². The van der Waals surface area contributed by atoms with Gasteiger partial charge in [0.15, 0.2) is 0 Å². The number of aryl methyl sites for hydroxylation is 4. The molecule has 1 aliphatic rings. The number of imidazole rings is 2. The highest BCUT2D eigenvalue weighted by molar-refractivity contribution is 5.94. The summed E-state index contributed by atoms with van der Waals surface area (Å²) in [5.41, 5.74) is 2.85. The fourth-order valence-electron chi connectivity index (χ4n) is 4.02. The lowest BCUT2D eigenvalue weighted by molar-refractivity contribution is -0.120. The second-order valence-electron chi connectivity index (χ2n) is 7.53. The summed E-state index contributed by atoms with van der Waals surface area (Å²) in [5.74, 6) is 2.36. The number of fused-ring (bicyclic) bond motifs is 1. The monoisotopic (exact) mass is 365 g/mol. The maximum absolute atomic E-state index is 12.5. The van der Waals surface area contributed by atoms with Crippen LogP contribution in [0.4, 0.5) is 5.69 Å². The third-order valence-electron chi connectivity index (χ3n) is 5.72. The van der Waals surface area contributed by atoms with E-state index in [-0.39, 0.29) is 11.8 Å². The van der Waals surface area contributed by atoms with Crippen LogP contribution in [0.5, 0.6) is 0 Å². The van der Waals surface area contributed by atoms with Gasteiger partial charge in [-0.15, -0.1) is 0 Å². The van der Waals surface area contributed by atoms with Crippen molar-refractivity contribution >= 4 is 22.6 Å². The summed E-state index contributed by atoms with van der Waals surface area (Å²) in [6.07, 6.45) is 10.3. The zero-order valence-electron chi connectivity index (χ0n) is 16.1. The Morgan fingerprint density at radius 1 is 1.26 bits per heavy atom. The van der Waals surface area contributed by atoms with Crippen LogP contribution in [-0.4, -0.2) is 25.0 Å². The quantitative estimate of drug-likeness (QED) is 0.747. The molecule has 4 rings (SSSR count). The number of anilines is 1. The second kappa shape index (κ2) is 7.55. The maximum Gasteiger partial charge on any atom is 0.227 e. The molecule has 0 bridgehead atoms. The molecule has 27 heavy (non-hydrogen) atoms. The lowest BCUT2D eigenvalue weighted by Crippen LogP contribution is -2.24. The first-order chi connectivity index (χ1) is 13.1. The Morgan fingerprint density at radius 2 is 2.07 bits per heavy atom. The number of benzene rings is 1. The van der Waals surface area contributed by atoms with Gasteiger partial charge >= 0.3 is 0 Å². The zero-order chi connectivity index (χ0) is 18.8. The Balaban J connectivity index is 1.48. The van der Waals surface area contributed by atoms with Crippen molar-refractivity contribution in [1.82, 2.24) is 19.1 Å². The second-order valence-corrected chi connectivity index (χ2v) is 7.53. The van der Waals surface area contributed by atoms with Gasteiger partial charge < -0.3 is 14.5 Å². The van der Waals surface area contributed by atoms with E-state index in [1.165, 1.54) is 6.42 Å². The lowest BCUT2D eigenvalue weighted by atomic mass is 9.88. The summed E-state index contributed by atoms with van der Waals surface area (Å²) >= 11 is 0. The van der Waals surface area contributed by atoms with Crippen LogP contribution in [0.15, 0.2) is 30.6 Å². The standard InChI is InChI=1S/C21H27N5O/c1-15-22-11-13-26(15)12-10-20-24-18-14-17(8-9-19(18)25(20)2)23-21(27)16-6-4-3-5-7-16/h8-9,11,13-14,16H,3-7,10,12H2,1-2H3,(H,23,27). The van der Waals surface area contributed by atoms with Gasteiger partial charge in [-0.1, -0.05) is 19.3 Å². The highest BCUT2D eigenvalue weighted by Crippen LogP contribution is 2.26. The first kappa shape index (κ1) is 17.8. The van der Waals surface area contributed by atoms with Gasteiger partial charge in [-0.05, 0) is 38.0 Å². The van der Waals surface area contributed by atoms with Crippen LogP contribution >= 0.6 is 0 Å². The van der Waals surface area contributed by atoms with Crippen molar-refractivity contribution in [1.29, 1.82) is 0 Å². The van der Waals surface area contributed by atoms with Gasteiger partial charge in [0, 0.05) is 44.0 Å². The van der Waals surface area contributed by atoms with Gasteiger partial charge in [0.05, 0.1) is 11.0 Å². The number of hydrogen-bond acceptors (Lipinski definition) is 3. The predicted octanol–water partition coefficient (Wildman–Crippen LogP) is 3.84. The van der Waals surface area contributed by atoms with E-state index in [4.69, 9.17) is 4.98 Å². The largest absolute Gasteiger partial charge is 0.335 e. The van der Waals surface area contributed by atoms with Crippen molar-refractivity contribution in [2.45, 2.75) is 52.0 Å². The average molecular weight is 365 g/mol. The van der Waals surface area contributed by atoms with E-state index in [2.05, 4.69) is 19.4 Å². The summed E-state index contributed by atoms with van der Waals surface area (Å²) in [6.45, 7) is 2.87. The Kier molecular flexibility index (Phi) is 4.97. The Hall–Kier alpha value is -2.63. The van der Waals surface area contributed by atoms with Gasteiger partial charge in [0.25, 0.3) is 0 Å². The molecule has 1 aliphatic carbocycles. The molecule has 6 nitrogen and oxygen atoms in total. The molecule has 1 aromatic carbocycles. The molecule has 2 aromatic heterocycles. The topological polar surface area (TPSA) is 64.7 Å². The number of amides is 1. The van der Waals surface area contributed by atoms with Crippen LogP contribution in [0.3, 0.4) is 0 Å². The highest BCUT2D eigenvalue weighted by atomic mass is 16.1. The minimum absolute atomic E-state index is 0.154. The van der Waals surface area contributed by atoms with Crippen LogP contribution in [0.1, 0.15) is 43.8 Å². The molecule has 1 amide bonds. The maximum atomic E-state index is 12.5. The molecule has 0 spiro atoms. The first-order valence-corrected chi connectivity index (χ1v) is 9.86. The summed E-state index contributed by atoms with van der Waals surface area (Å²) in [4.78, 5) is 21.6. The molecule has 0 atom stereocenters. The van der Waals surface area contributed by atoms with Crippen molar-refractivity contribution in [2.24, 2.45) is 13.0 Å². The fraction of sp³-hybridized carbons (Fsp3) is 0.476. The van der Waals surface area contributed by atoms with E-state index in [1.54, 1.807) is 0 Å². The fourth-order valence-corrected chi connectivity index (χ4v) is 4.02. The van der Waals surface area contributed by atoms with Gasteiger partial charge in [-0.2, -0.15) is 0 Å². The molecule has 0 aliphatic heterocycles. The Labute approximate surface area is 159 Å². The zero-order valence-corrected chi connectivity index (χ0v) is 16.1. The third-order valence-corrected chi connectivity index (χ3v) is 5.72. The normalized spacial score (nSPS) is 15.3. The lowest BCUT2D eigenvalue weighted by Gasteiger charge is -2.20.